The zero-order valence-corrected chi connectivity index (χ0v) is 7.47. The lowest BCUT2D eigenvalue weighted by molar-refractivity contribution is -0.153. The molecule has 0 saturated heterocycles. The minimum Gasteiger partial charge on any atom is -0.467 e. The molecule has 1 rings (SSSR count). The molecular formula is C8H10F3NO2. The predicted octanol–water partition coefficient (Wildman–Crippen LogP) is 1.99. The van der Waals surface area contributed by atoms with Crippen LogP contribution >= 0.6 is 0 Å². The van der Waals surface area contributed by atoms with Crippen LogP contribution in [-0.4, -0.2) is 13.3 Å². The van der Waals surface area contributed by atoms with Gasteiger partial charge in [-0.25, -0.2) is 0 Å². The maximum Gasteiger partial charge on any atom is 0.410 e. The number of halogens is 3. The van der Waals surface area contributed by atoms with E-state index in [0.717, 1.165) is 6.26 Å². The van der Waals surface area contributed by atoms with E-state index in [4.69, 9.17) is 10.5 Å². The van der Waals surface area contributed by atoms with Gasteiger partial charge in [-0.1, -0.05) is 0 Å². The minimum absolute atomic E-state index is 0.0512. The molecule has 0 aliphatic rings. The molecule has 0 amide bonds. The Kier molecular flexibility index (Phi) is 3.17. The van der Waals surface area contributed by atoms with Gasteiger partial charge in [0.2, 0.25) is 0 Å². The highest BCUT2D eigenvalue weighted by atomic mass is 19.4. The molecule has 0 saturated carbocycles. The molecule has 0 fully saturated rings. The summed E-state index contributed by atoms with van der Waals surface area (Å²) in [5, 5.41) is 0. The molecule has 0 aliphatic heterocycles. The van der Waals surface area contributed by atoms with E-state index in [-0.39, 0.29) is 12.4 Å². The van der Waals surface area contributed by atoms with Gasteiger partial charge in [-0.2, -0.15) is 13.2 Å². The lowest BCUT2D eigenvalue weighted by Crippen LogP contribution is -2.28. The highest BCUT2D eigenvalue weighted by Gasteiger charge is 2.41. The van der Waals surface area contributed by atoms with Crippen molar-refractivity contribution in [3.63, 3.8) is 0 Å². The van der Waals surface area contributed by atoms with E-state index in [1.165, 1.54) is 13.2 Å². The summed E-state index contributed by atoms with van der Waals surface area (Å²) in [5.74, 6) is -0.292. The van der Waals surface area contributed by atoms with E-state index < -0.39 is 12.2 Å². The van der Waals surface area contributed by atoms with Crippen molar-refractivity contribution in [2.75, 3.05) is 7.11 Å². The van der Waals surface area contributed by atoms with E-state index in [1.54, 1.807) is 0 Å². The number of alkyl halides is 3. The number of hydrogen-bond donors (Lipinski definition) is 1. The summed E-state index contributed by atoms with van der Waals surface area (Å²) >= 11 is 0. The minimum atomic E-state index is -4.50. The van der Waals surface area contributed by atoms with Gasteiger partial charge in [0.05, 0.1) is 12.9 Å². The number of rotatable bonds is 3. The number of nitrogens with two attached hydrogens (primary N) is 1. The van der Waals surface area contributed by atoms with Gasteiger partial charge in [-0.3, -0.25) is 0 Å². The highest BCUT2D eigenvalue weighted by Crippen LogP contribution is 2.32. The van der Waals surface area contributed by atoms with Crippen molar-refractivity contribution in [2.45, 2.75) is 18.8 Å². The Morgan fingerprint density at radius 3 is 2.71 bits per heavy atom. The SMILES string of the molecule is COCc1ccoc1C(N)C(F)(F)F. The van der Waals surface area contributed by atoms with Crippen LogP contribution in [0.4, 0.5) is 13.2 Å². The van der Waals surface area contributed by atoms with Gasteiger partial charge < -0.3 is 14.9 Å². The average molecular weight is 209 g/mol. The summed E-state index contributed by atoms with van der Waals surface area (Å²) in [4.78, 5) is 0. The van der Waals surface area contributed by atoms with Gasteiger partial charge in [0.15, 0.2) is 6.04 Å². The van der Waals surface area contributed by atoms with Crippen LogP contribution in [0.3, 0.4) is 0 Å². The largest absolute Gasteiger partial charge is 0.467 e. The molecular weight excluding hydrogens is 199 g/mol. The fourth-order valence-electron chi connectivity index (χ4n) is 1.04. The summed E-state index contributed by atoms with van der Waals surface area (Å²) in [5.41, 5.74) is 5.29. The fourth-order valence-corrected chi connectivity index (χ4v) is 1.04. The number of methoxy groups -OCH3 is 1. The predicted molar refractivity (Wildman–Crippen MR) is 42.4 cm³/mol. The Morgan fingerprint density at radius 2 is 2.21 bits per heavy atom. The first-order valence-corrected chi connectivity index (χ1v) is 3.84. The van der Waals surface area contributed by atoms with Crippen molar-refractivity contribution in [3.05, 3.63) is 23.7 Å². The summed E-state index contributed by atoms with van der Waals surface area (Å²) in [7, 11) is 1.38. The second-order valence-corrected chi connectivity index (χ2v) is 2.76. The Morgan fingerprint density at radius 1 is 1.57 bits per heavy atom. The van der Waals surface area contributed by atoms with Crippen molar-refractivity contribution in [1.29, 1.82) is 0 Å². The average Bonchev–Trinajstić information content (AvgIpc) is 2.50. The van der Waals surface area contributed by atoms with E-state index in [1.807, 2.05) is 0 Å². The van der Waals surface area contributed by atoms with Crippen LogP contribution in [0.1, 0.15) is 17.4 Å². The lowest BCUT2D eigenvalue weighted by atomic mass is 10.1. The fraction of sp³-hybridized carbons (Fsp3) is 0.500. The highest BCUT2D eigenvalue weighted by molar-refractivity contribution is 5.20. The molecule has 0 aromatic carbocycles. The molecule has 0 radical (unpaired) electrons. The standard InChI is InChI=1S/C8H10F3NO2/c1-13-4-5-2-3-14-6(5)7(12)8(9,10)11/h2-3,7H,4,12H2,1H3. The molecule has 0 aliphatic carbocycles. The molecule has 6 heteroatoms. The molecule has 1 unspecified atom stereocenters. The molecule has 0 spiro atoms. The van der Waals surface area contributed by atoms with Crippen LogP contribution in [0.25, 0.3) is 0 Å². The zero-order chi connectivity index (χ0) is 10.8. The maximum atomic E-state index is 12.2. The Balaban J connectivity index is 2.89. The van der Waals surface area contributed by atoms with Gasteiger partial charge in [0.25, 0.3) is 0 Å². The van der Waals surface area contributed by atoms with E-state index in [9.17, 15) is 13.2 Å². The Labute approximate surface area is 78.6 Å². The summed E-state index contributed by atoms with van der Waals surface area (Å²) < 4.78 is 46.0. The molecule has 2 N–H and O–H groups in total. The van der Waals surface area contributed by atoms with Gasteiger partial charge in [0.1, 0.15) is 5.76 Å². The normalized spacial score (nSPS) is 14.4. The van der Waals surface area contributed by atoms with Crippen LogP contribution in [0.5, 0.6) is 0 Å². The zero-order valence-electron chi connectivity index (χ0n) is 7.47. The Bertz CT molecular complexity index is 295. The molecule has 1 heterocycles. The molecule has 3 nitrogen and oxygen atoms in total. The van der Waals surface area contributed by atoms with Gasteiger partial charge in [-0.05, 0) is 6.07 Å². The van der Waals surface area contributed by atoms with Crippen LogP contribution in [0.15, 0.2) is 16.7 Å². The van der Waals surface area contributed by atoms with Crippen molar-refractivity contribution in [2.24, 2.45) is 5.73 Å². The van der Waals surface area contributed by atoms with Gasteiger partial charge in [-0.15, -0.1) is 0 Å². The molecule has 80 valence electrons. The monoisotopic (exact) mass is 209 g/mol. The first-order valence-electron chi connectivity index (χ1n) is 3.84. The molecule has 1 aromatic rings. The number of furan rings is 1. The smallest absolute Gasteiger partial charge is 0.410 e. The molecule has 1 atom stereocenters. The topological polar surface area (TPSA) is 48.4 Å². The first kappa shape index (κ1) is 11.1. The van der Waals surface area contributed by atoms with Crippen LogP contribution in [-0.2, 0) is 11.3 Å². The van der Waals surface area contributed by atoms with Crippen LogP contribution < -0.4 is 5.73 Å². The number of hydrogen-bond acceptors (Lipinski definition) is 3. The van der Waals surface area contributed by atoms with Crippen molar-refractivity contribution in [3.8, 4) is 0 Å². The van der Waals surface area contributed by atoms with E-state index in [2.05, 4.69) is 4.42 Å². The van der Waals surface area contributed by atoms with Crippen LogP contribution in [0.2, 0.25) is 0 Å². The molecule has 0 bridgehead atoms. The Hall–Kier alpha value is -1.01. The lowest BCUT2D eigenvalue weighted by Gasteiger charge is -2.14. The maximum absolute atomic E-state index is 12.2. The quantitative estimate of drug-likeness (QED) is 0.828. The van der Waals surface area contributed by atoms with Crippen molar-refractivity contribution < 1.29 is 22.3 Å². The van der Waals surface area contributed by atoms with Gasteiger partial charge in [0, 0.05) is 12.7 Å². The second kappa shape index (κ2) is 4.02. The van der Waals surface area contributed by atoms with Crippen LogP contribution in [0, 0.1) is 0 Å². The molecule has 14 heavy (non-hydrogen) atoms. The van der Waals surface area contributed by atoms with E-state index >= 15 is 0 Å². The summed E-state index contributed by atoms with van der Waals surface area (Å²) in [6, 6.07) is -0.688. The summed E-state index contributed by atoms with van der Waals surface area (Å²) in [6.07, 6.45) is -3.34. The van der Waals surface area contributed by atoms with Gasteiger partial charge >= 0.3 is 6.18 Å². The van der Waals surface area contributed by atoms with Crippen molar-refractivity contribution >= 4 is 0 Å². The molecule has 1 aromatic heterocycles. The third-order valence-corrected chi connectivity index (χ3v) is 1.72. The third kappa shape index (κ3) is 2.27. The summed E-state index contributed by atoms with van der Waals surface area (Å²) in [6.45, 7) is 0.0512. The van der Waals surface area contributed by atoms with E-state index in [0.29, 0.717) is 5.56 Å². The van der Waals surface area contributed by atoms with Crippen molar-refractivity contribution in [1.82, 2.24) is 0 Å². The third-order valence-electron chi connectivity index (χ3n) is 1.72. The first-order chi connectivity index (χ1) is 6.46. The number of ether oxygens (including phenoxy) is 1. The second-order valence-electron chi connectivity index (χ2n) is 2.76.